The number of aromatic nitrogens is 1. The van der Waals surface area contributed by atoms with E-state index in [1.165, 1.54) is 22.0 Å². The molecule has 1 aliphatic rings. The van der Waals surface area contributed by atoms with Gasteiger partial charge in [-0.15, -0.1) is 0 Å². The Morgan fingerprint density at radius 2 is 1.92 bits per heavy atom. The van der Waals surface area contributed by atoms with E-state index in [1.807, 2.05) is 6.07 Å². The van der Waals surface area contributed by atoms with Crippen molar-refractivity contribution in [1.82, 2.24) is 9.88 Å². The van der Waals surface area contributed by atoms with Crippen molar-refractivity contribution in [3.05, 3.63) is 59.8 Å². The van der Waals surface area contributed by atoms with Gasteiger partial charge in [0.15, 0.2) is 11.5 Å². The predicted octanol–water partition coefficient (Wildman–Crippen LogP) is 4.07. The first-order chi connectivity index (χ1) is 11.8. The Balaban J connectivity index is 1.47. The van der Waals surface area contributed by atoms with Gasteiger partial charge in [0.25, 0.3) is 0 Å². The lowest BCUT2D eigenvalue weighted by Crippen LogP contribution is -2.12. The van der Waals surface area contributed by atoms with Gasteiger partial charge in [-0.25, -0.2) is 0 Å². The lowest BCUT2D eigenvalue weighted by atomic mass is 10.1. The zero-order chi connectivity index (χ0) is 16.4. The van der Waals surface area contributed by atoms with Gasteiger partial charge in [0.1, 0.15) is 0 Å². The fourth-order valence-electron chi connectivity index (χ4n) is 3.28. The van der Waals surface area contributed by atoms with Crippen LogP contribution in [0.4, 0.5) is 0 Å². The van der Waals surface area contributed by atoms with Gasteiger partial charge in [-0.05, 0) is 35.7 Å². The second kappa shape index (κ2) is 6.57. The Labute approximate surface area is 142 Å². The summed E-state index contributed by atoms with van der Waals surface area (Å²) in [7, 11) is 0. The number of rotatable bonds is 6. The largest absolute Gasteiger partial charge is 0.454 e. The molecule has 4 heteroatoms. The average Bonchev–Trinajstić information content (AvgIpc) is 3.20. The Morgan fingerprint density at radius 3 is 2.83 bits per heavy atom. The van der Waals surface area contributed by atoms with Crippen molar-refractivity contribution < 1.29 is 9.47 Å². The molecule has 0 radical (unpaired) electrons. The first kappa shape index (κ1) is 15.1. The van der Waals surface area contributed by atoms with Crippen molar-refractivity contribution >= 4 is 10.9 Å². The van der Waals surface area contributed by atoms with Gasteiger partial charge in [-0.1, -0.05) is 31.2 Å². The van der Waals surface area contributed by atoms with E-state index in [1.54, 1.807) is 0 Å². The van der Waals surface area contributed by atoms with Crippen LogP contribution in [0.2, 0.25) is 0 Å². The van der Waals surface area contributed by atoms with Crippen LogP contribution in [0.5, 0.6) is 11.5 Å². The van der Waals surface area contributed by atoms with E-state index in [-0.39, 0.29) is 0 Å². The molecular formula is C20H22N2O2. The summed E-state index contributed by atoms with van der Waals surface area (Å²) in [5.74, 6) is 1.68. The summed E-state index contributed by atoms with van der Waals surface area (Å²) in [5.41, 5.74) is 3.87. The number of aryl methyl sites for hydroxylation is 1. The van der Waals surface area contributed by atoms with E-state index in [9.17, 15) is 0 Å². The molecule has 1 N–H and O–H groups in total. The molecule has 2 heterocycles. The standard InChI is InChI=1S/C20H22N2O2/c1-2-9-22-13-16(17-5-3-4-6-18(17)22)12-21-11-15-7-8-19-20(10-15)24-14-23-19/h3-8,10,13,21H,2,9,11-12,14H2,1H3. The van der Waals surface area contributed by atoms with E-state index in [2.05, 4.69) is 59.4 Å². The van der Waals surface area contributed by atoms with Gasteiger partial charge < -0.3 is 19.4 Å². The SMILES string of the molecule is CCCn1cc(CNCc2ccc3c(c2)OCO3)c2ccccc21. The number of hydrogen-bond acceptors (Lipinski definition) is 3. The van der Waals surface area contributed by atoms with Crippen LogP contribution in [0, 0.1) is 0 Å². The highest BCUT2D eigenvalue weighted by Gasteiger charge is 2.13. The van der Waals surface area contributed by atoms with Gasteiger partial charge in [0.2, 0.25) is 6.79 Å². The summed E-state index contributed by atoms with van der Waals surface area (Å²) in [5, 5.41) is 4.88. The Bertz CT molecular complexity index is 854. The fourth-order valence-corrected chi connectivity index (χ4v) is 3.28. The van der Waals surface area contributed by atoms with E-state index in [4.69, 9.17) is 9.47 Å². The normalized spacial score (nSPS) is 12.9. The molecule has 0 unspecified atom stereocenters. The van der Waals surface area contributed by atoms with Gasteiger partial charge in [0.05, 0.1) is 0 Å². The molecule has 4 nitrogen and oxygen atoms in total. The Hall–Kier alpha value is -2.46. The highest BCUT2D eigenvalue weighted by atomic mass is 16.7. The van der Waals surface area contributed by atoms with Crippen molar-refractivity contribution in [2.24, 2.45) is 0 Å². The third kappa shape index (κ3) is 2.85. The molecule has 0 fully saturated rings. The number of nitrogens with zero attached hydrogens (tertiary/aromatic N) is 1. The maximum Gasteiger partial charge on any atom is 0.231 e. The molecular weight excluding hydrogens is 300 g/mol. The van der Waals surface area contributed by atoms with Gasteiger partial charge in [-0.2, -0.15) is 0 Å². The number of benzene rings is 2. The van der Waals surface area contributed by atoms with Crippen LogP contribution >= 0.6 is 0 Å². The minimum Gasteiger partial charge on any atom is -0.454 e. The summed E-state index contributed by atoms with van der Waals surface area (Å²) in [6, 6.07) is 14.7. The first-order valence-corrected chi connectivity index (χ1v) is 8.51. The minimum atomic E-state index is 0.323. The van der Waals surface area contributed by atoms with Crippen molar-refractivity contribution in [3.8, 4) is 11.5 Å². The maximum absolute atomic E-state index is 5.44. The van der Waals surface area contributed by atoms with Crippen LogP contribution in [0.15, 0.2) is 48.7 Å². The second-order valence-corrected chi connectivity index (χ2v) is 6.16. The molecule has 3 aromatic rings. The molecule has 0 atom stereocenters. The molecule has 0 aliphatic carbocycles. The number of hydrogen-bond donors (Lipinski definition) is 1. The van der Waals surface area contributed by atoms with Gasteiger partial charge in [-0.3, -0.25) is 0 Å². The Morgan fingerprint density at radius 1 is 1.04 bits per heavy atom. The molecule has 0 saturated heterocycles. The minimum absolute atomic E-state index is 0.323. The third-order valence-electron chi connectivity index (χ3n) is 4.42. The van der Waals surface area contributed by atoms with Crippen LogP contribution in [-0.2, 0) is 19.6 Å². The number of nitrogens with one attached hydrogen (secondary N) is 1. The zero-order valence-electron chi connectivity index (χ0n) is 13.9. The summed E-state index contributed by atoms with van der Waals surface area (Å²) < 4.78 is 13.1. The van der Waals surface area contributed by atoms with E-state index >= 15 is 0 Å². The van der Waals surface area contributed by atoms with Crippen molar-refractivity contribution in [3.63, 3.8) is 0 Å². The van der Waals surface area contributed by atoms with Crippen LogP contribution in [0.3, 0.4) is 0 Å². The summed E-state index contributed by atoms with van der Waals surface area (Å²) >= 11 is 0. The monoisotopic (exact) mass is 322 g/mol. The van der Waals surface area contributed by atoms with E-state index < -0.39 is 0 Å². The maximum atomic E-state index is 5.44. The molecule has 24 heavy (non-hydrogen) atoms. The van der Waals surface area contributed by atoms with Crippen LogP contribution < -0.4 is 14.8 Å². The second-order valence-electron chi connectivity index (χ2n) is 6.16. The van der Waals surface area contributed by atoms with Crippen LogP contribution in [0.1, 0.15) is 24.5 Å². The van der Waals surface area contributed by atoms with Crippen molar-refractivity contribution in [1.29, 1.82) is 0 Å². The average molecular weight is 322 g/mol. The highest BCUT2D eigenvalue weighted by molar-refractivity contribution is 5.83. The number of fused-ring (bicyclic) bond motifs is 2. The lowest BCUT2D eigenvalue weighted by Gasteiger charge is -2.05. The smallest absolute Gasteiger partial charge is 0.231 e. The highest BCUT2D eigenvalue weighted by Crippen LogP contribution is 2.32. The summed E-state index contributed by atoms with van der Waals surface area (Å²) in [6.07, 6.45) is 3.42. The fraction of sp³-hybridized carbons (Fsp3) is 0.300. The van der Waals surface area contributed by atoms with Crippen molar-refractivity contribution in [2.45, 2.75) is 33.0 Å². The van der Waals surface area contributed by atoms with Crippen LogP contribution in [-0.4, -0.2) is 11.4 Å². The van der Waals surface area contributed by atoms with Gasteiger partial charge in [0, 0.05) is 36.7 Å². The molecule has 0 saturated carbocycles. The van der Waals surface area contributed by atoms with Gasteiger partial charge >= 0.3 is 0 Å². The quantitative estimate of drug-likeness (QED) is 0.743. The number of para-hydroxylation sites is 1. The molecule has 4 rings (SSSR count). The van der Waals surface area contributed by atoms with Crippen LogP contribution in [0.25, 0.3) is 10.9 Å². The molecule has 1 aliphatic heterocycles. The third-order valence-corrected chi connectivity index (χ3v) is 4.42. The van der Waals surface area contributed by atoms with Crippen molar-refractivity contribution in [2.75, 3.05) is 6.79 Å². The zero-order valence-corrected chi connectivity index (χ0v) is 13.9. The number of ether oxygens (including phenoxy) is 2. The first-order valence-electron chi connectivity index (χ1n) is 8.51. The lowest BCUT2D eigenvalue weighted by molar-refractivity contribution is 0.174. The molecule has 1 aromatic heterocycles. The van der Waals surface area contributed by atoms with E-state index in [0.717, 1.165) is 37.6 Å². The molecule has 0 spiro atoms. The summed E-state index contributed by atoms with van der Waals surface area (Å²) in [4.78, 5) is 0. The molecule has 0 amide bonds. The van der Waals surface area contributed by atoms with E-state index in [0.29, 0.717) is 6.79 Å². The predicted molar refractivity (Wildman–Crippen MR) is 95.3 cm³/mol. The topological polar surface area (TPSA) is 35.4 Å². The Kier molecular flexibility index (Phi) is 4.13. The molecule has 0 bridgehead atoms. The summed E-state index contributed by atoms with van der Waals surface area (Å²) in [6.45, 7) is 5.26. The molecule has 124 valence electrons. The molecule has 2 aromatic carbocycles.